The standard InChI is InChI=1S/C22H21N3O3/c26-20(14-6-2-1-3-7-14)12-24-13-21(27)25-11-18-16(10-19(25)22(24)28)15-8-4-5-9-17(15)23-18/h1-9,19-20,23,26H,10-13H2/t19-,20?/m0/s1. The molecule has 2 aliphatic rings. The van der Waals surface area contributed by atoms with Crippen molar-refractivity contribution in [2.24, 2.45) is 0 Å². The van der Waals surface area contributed by atoms with Crippen LogP contribution in [0.2, 0.25) is 0 Å². The molecule has 3 aromatic rings. The van der Waals surface area contributed by atoms with Gasteiger partial charge in [0.1, 0.15) is 6.04 Å². The third-order valence-corrected chi connectivity index (χ3v) is 5.83. The van der Waals surface area contributed by atoms with Crippen LogP contribution in [0.1, 0.15) is 22.9 Å². The van der Waals surface area contributed by atoms with Crippen LogP contribution in [-0.4, -0.2) is 50.8 Å². The van der Waals surface area contributed by atoms with Crippen LogP contribution in [-0.2, 0) is 22.6 Å². The number of aromatic amines is 1. The molecular weight excluding hydrogens is 354 g/mol. The van der Waals surface area contributed by atoms with E-state index < -0.39 is 12.1 Å². The first-order chi connectivity index (χ1) is 13.6. The van der Waals surface area contributed by atoms with Gasteiger partial charge >= 0.3 is 0 Å². The number of carbonyl (C=O) groups excluding carboxylic acids is 2. The minimum atomic E-state index is -0.809. The van der Waals surface area contributed by atoms with Crippen LogP contribution in [0.25, 0.3) is 10.9 Å². The highest BCUT2D eigenvalue weighted by Gasteiger charge is 2.43. The summed E-state index contributed by atoms with van der Waals surface area (Å²) in [6, 6.07) is 16.7. The number of carbonyl (C=O) groups is 2. The summed E-state index contributed by atoms with van der Waals surface area (Å²) < 4.78 is 0. The highest BCUT2D eigenvalue weighted by Crippen LogP contribution is 2.32. The minimum Gasteiger partial charge on any atom is -0.387 e. The Morgan fingerprint density at radius 2 is 1.79 bits per heavy atom. The van der Waals surface area contributed by atoms with E-state index in [1.165, 1.54) is 4.90 Å². The maximum Gasteiger partial charge on any atom is 0.246 e. The predicted octanol–water partition coefficient (Wildman–Crippen LogP) is 2.00. The molecule has 2 aromatic carbocycles. The molecule has 0 spiro atoms. The molecule has 2 atom stereocenters. The van der Waals surface area contributed by atoms with Crippen molar-refractivity contribution in [3.63, 3.8) is 0 Å². The monoisotopic (exact) mass is 375 g/mol. The smallest absolute Gasteiger partial charge is 0.246 e. The Morgan fingerprint density at radius 3 is 2.61 bits per heavy atom. The number of hydrogen-bond acceptors (Lipinski definition) is 3. The highest BCUT2D eigenvalue weighted by atomic mass is 16.3. The van der Waals surface area contributed by atoms with Crippen molar-refractivity contribution in [1.29, 1.82) is 0 Å². The Bertz CT molecular complexity index is 1060. The molecule has 1 fully saturated rings. The molecule has 2 aliphatic heterocycles. The maximum atomic E-state index is 13.2. The largest absolute Gasteiger partial charge is 0.387 e. The van der Waals surface area contributed by atoms with Crippen LogP contribution < -0.4 is 0 Å². The molecule has 3 heterocycles. The summed E-state index contributed by atoms with van der Waals surface area (Å²) in [5.41, 5.74) is 3.90. The van der Waals surface area contributed by atoms with E-state index in [1.54, 1.807) is 4.90 Å². The predicted molar refractivity (Wildman–Crippen MR) is 104 cm³/mol. The Labute approximate surface area is 162 Å². The van der Waals surface area contributed by atoms with Crippen molar-refractivity contribution in [1.82, 2.24) is 14.8 Å². The normalized spacial score (nSPS) is 20.2. The van der Waals surface area contributed by atoms with Crippen molar-refractivity contribution in [3.05, 3.63) is 71.4 Å². The number of β-amino-alcohol motifs (C(OH)–C–C–N with tert-alkyl or cyclic N) is 1. The van der Waals surface area contributed by atoms with Crippen molar-refractivity contribution in [2.45, 2.75) is 25.1 Å². The van der Waals surface area contributed by atoms with Gasteiger partial charge < -0.3 is 19.9 Å². The summed E-state index contributed by atoms with van der Waals surface area (Å²) >= 11 is 0. The van der Waals surface area contributed by atoms with Crippen LogP contribution in [0.5, 0.6) is 0 Å². The molecule has 6 nitrogen and oxygen atoms in total. The quantitative estimate of drug-likeness (QED) is 0.735. The second-order valence-electron chi connectivity index (χ2n) is 7.51. The third kappa shape index (κ3) is 2.68. The number of H-pyrrole nitrogens is 1. The first-order valence-electron chi connectivity index (χ1n) is 9.51. The van der Waals surface area contributed by atoms with Gasteiger partial charge in [-0.15, -0.1) is 0 Å². The van der Waals surface area contributed by atoms with Crippen LogP contribution in [0.4, 0.5) is 0 Å². The number of para-hydroxylation sites is 1. The first-order valence-corrected chi connectivity index (χ1v) is 9.51. The molecule has 0 saturated carbocycles. The molecule has 6 heteroatoms. The van der Waals surface area contributed by atoms with Gasteiger partial charge in [0.05, 0.1) is 25.7 Å². The molecular formula is C22H21N3O3. The van der Waals surface area contributed by atoms with Gasteiger partial charge in [0.25, 0.3) is 0 Å². The number of aromatic nitrogens is 1. The van der Waals surface area contributed by atoms with Gasteiger partial charge in [-0.2, -0.15) is 0 Å². The summed E-state index contributed by atoms with van der Waals surface area (Å²) in [5.74, 6) is -0.167. The fraction of sp³-hybridized carbons (Fsp3) is 0.273. The van der Waals surface area contributed by atoms with E-state index in [1.807, 2.05) is 54.6 Å². The Hall–Kier alpha value is -3.12. The molecule has 0 bridgehead atoms. The number of rotatable bonds is 3. The number of nitrogens with zero attached hydrogens (tertiary/aromatic N) is 2. The number of hydrogen-bond donors (Lipinski definition) is 2. The Kier molecular flexibility index (Phi) is 3.94. The number of aliphatic hydroxyl groups is 1. The lowest BCUT2D eigenvalue weighted by Crippen LogP contribution is -2.62. The summed E-state index contributed by atoms with van der Waals surface area (Å²) in [4.78, 5) is 32.5. The topological polar surface area (TPSA) is 76.6 Å². The number of piperazine rings is 1. The van der Waals surface area contributed by atoms with Crippen LogP contribution >= 0.6 is 0 Å². The number of aliphatic hydroxyl groups excluding tert-OH is 1. The number of benzene rings is 2. The summed E-state index contributed by atoms with van der Waals surface area (Å²) in [6.45, 7) is 0.558. The average molecular weight is 375 g/mol. The Balaban J connectivity index is 1.42. The number of amides is 2. The van der Waals surface area contributed by atoms with Gasteiger partial charge in [0.2, 0.25) is 11.8 Å². The van der Waals surface area contributed by atoms with E-state index in [0.29, 0.717) is 13.0 Å². The van der Waals surface area contributed by atoms with Gasteiger partial charge in [0.15, 0.2) is 0 Å². The second kappa shape index (κ2) is 6.49. The summed E-state index contributed by atoms with van der Waals surface area (Å²) in [6.07, 6.45) is -0.307. The lowest BCUT2D eigenvalue weighted by Gasteiger charge is -2.43. The molecule has 1 unspecified atom stereocenters. The van der Waals surface area contributed by atoms with E-state index in [0.717, 1.165) is 27.7 Å². The van der Waals surface area contributed by atoms with E-state index in [4.69, 9.17) is 0 Å². The third-order valence-electron chi connectivity index (χ3n) is 5.83. The van der Waals surface area contributed by atoms with Crippen molar-refractivity contribution < 1.29 is 14.7 Å². The van der Waals surface area contributed by atoms with Gasteiger partial charge in [-0.05, 0) is 17.2 Å². The zero-order valence-electron chi connectivity index (χ0n) is 15.3. The molecule has 142 valence electrons. The van der Waals surface area contributed by atoms with Gasteiger partial charge in [-0.1, -0.05) is 48.5 Å². The zero-order valence-corrected chi connectivity index (χ0v) is 15.3. The highest BCUT2D eigenvalue weighted by molar-refractivity contribution is 5.96. The van der Waals surface area contributed by atoms with E-state index >= 15 is 0 Å². The van der Waals surface area contributed by atoms with E-state index in [9.17, 15) is 14.7 Å². The summed E-state index contributed by atoms with van der Waals surface area (Å²) in [7, 11) is 0. The fourth-order valence-electron chi connectivity index (χ4n) is 4.38. The molecule has 2 amide bonds. The van der Waals surface area contributed by atoms with Crippen molar-refractivity contribution >= 4 is 22.7 Å². The summed E-state index contributed by atoms with van der Waals surface area (Å²) in [5, 5.41) is 11.6. The molecule has 2 N–H and O–H groups in total. The van der Waals surface area contributed by atoms with Crippen LogP contribution in [0, 0.1) is 0 Å². The minimum absolute atomic E-state index is 0.00872. The molecule has 0 aliphatic carbocycles. The van der Waals surface area contributed by atoms with Crippen LogP contribution in [0.15, 0.2) is 54.6 Å². The lowest BCUT2D eigenvalue weighted by atomic mass is 9.93. The SMILES string of the molecule is O=C1[C@@H]2Cc3c([nH]c4ccccc34)CN2C(=O)CN1CC(O)c1ccccc1. The van der Waals surface area contributed by atoms with E-state index in [2.05, 4.69) is 4.98 Å². The van der Waals surface area contributed by atoms with Crippen LogP contribution in [0.3, 0.4) is 0 Å². The molecule has 5 rings (SSSR count). The van der Waals surface area contributed by atoms with Gasteiger partial charge in [-0.3, -0.25) is 9.59 Å². The van der Waals surface area contributed by atoms with Crippen molar-refractivity contribution in [2.75, 3.05) is 13.1 Å². The zero-order chi connectivity index (χ0) is 19.3. The molecule has 1 saturated heterocycles. The molecule has 28 heavy (non-hydrogen) atoms. The van der Waals surface area contributed by atoms with Gasteiger partial charge in [0, 0.05) is 23.0 Å². The van der Waals surface area contributed by atoms with Gasteiger partial charge in [-0.25, -0.2) is 0 Å². The van der Waals surface area contributed by atoms with E-state index in [-0.39, 0.29) is 24.9 Å². The average Bonchev–Trinajstić information content (AvgIpc) is 3.09. The number of nitrogens with one attached hydrogen (secondary N) is 1. The molecule has 1 aromatic heterocycles. The molecule has 0 radical (unpaired) electrons. The van der Waals surface area contributed by atoms with Crippen molar-refractivity contribution in [3.8, 4) is 0 Å². The fourth-order valence-corrected chi connectivity index (χ4v) is 4.38. The lowest BCUT2D eigenvalue weighted by molar-refractivity contribution is -0.158. The maximum absolute atomic E-state index is 13.2. The second-order valence-corrected chi connectivity index (χ2v) is 7.51. The first kappa shape index (κ1) is 17.0. The Morgan fingerprint density at radius 1 is 1.04 bits per heavy atom. The number of fused-ring (bicyclic) bond motifs is 4.